The molecule has 1 aromatic rings. The maximum absolute atomic E-state index is 11.4. The minimum Gasteiger partial charge on any atom is -0.397 e. The van der Waals surface area contributed by atoms with E-state index in [2.05, 4.69) is 15.9 Å². The van der Waals surface area contributed by atoms with E-state index in [1.165, 1.54) is 0 Å². The molecule has 0 fully saturated rings. The van der Waals surface area contributed by atoms with Crippen molar-refractivity contribution in [2.75, 3.05) is 12.3 Å². The number of Topliss-reactive ketones (excluding diaryl/α,β-unsaturated/α-hetero) is 1. The number of hydrogen-bond donors (Lipinski definition) is 2. The summed E-state index contributed by atoms with van der Waals surface area (Å²) in [7, 11) is 0. The van der Waals surface area contributed by atoms with Crippen LogP contribution >= 0.6 is 15.9 Å². The molecule has 0 aliphatic rings. The maximum Gasteiger partial charge on any atom is 0.167 e. The van der Waals surface area contributed by atoms with Gasteiger partial charge in [-0.3, -0.25) is 4.79 Å². The fraction of sp³-hybridized carbons (Fsp3) is 0.222. The molecule has 0 bridgehead atoms. The van der Waals surface area contributed by atoms with Crippen LogP contribution in [0.15, 0.2) is 22.7 Å². The van der Waals surface area contributed by atoms with E-state index in [1.807, 2.05) is 0 Å². The molecule has 3 N–H and O–H groups in total. The highest BCUT2D eigenvalue weighted by atomic mass is 79.9. The first-order chi connectivity index (χ1) is 6.16. The molecule has 4 heteroatoms. The number of anilines is 1. The van der Waals surface area contributed by atoms with Crippen molar-refractivity contribution in [3.05, 3.63) is 28.2 Å². The monoisotopic (exact) mass is 243 g/mol. The van der Waals surface area contributed by atoms with Gasteiger partial charge in [0.1, 0.15) is 0 Å². The van der Waals surface area contributed by atoms with Gasteiger partial charge in [0.2, 0.25) is 0 Å². The number of carbonyl (C=O) groups is 1. The molecule has 0 amide bonds. The van der Waals surface area contributed by atoms with Crippen LogP contribution in [0, 0.1) is 0 Å². The Bertz CT molecular complexity index is 325. The lowest BCUT2D eigenvalue weighted by Crippen LogP contribution is -2.05. The molecule has 3 nitrogen and oxygen atoms in total. The van der Waals surface area contributed by atoms with E-state index in [0.29, 0.717) is 15.7 Å². The topological polar surface area (TPSA) is 63.3 Å². The molecular weight excluding hydrogens is 234 g/mol. The number of halogens is 1. The number of para-hydroxylation sites is 1. The van der Waals surface area contributed by atoms with Crippen LogP contribution in [0.1, 0.15) is 16.8 Å². The van der Waals surface area contributed by atoms with E-state index in [1.54, 1.807) is 18.2 Å². The van der Waals surface area contributed by atoms with Gasteiger partial charge >= 0.3 is 0 Å². The van der Waals surface area contributed by atoms with Crippen LogP contribution in [0.5, 0.6) is 0 Å². The zero-order valence-electron chi connectivity index (χ0n) is 6.96. The zero-order chi connectivity index (χ0) is 9.84. The summed E-state index contributed by atoms with van der Waals surface area (Å²) in [6.07, 6.45) is 0.112. The summed E-state index contributed by atoms with van der Waals surface area (Å²) in [6.45, 7) is -0.148. The number of hydrogen-bond acceptors (Lipinski definition) is 3. The van der Waals surface area contributed by atoms with Crippen molar-refractivity contribution >= 4 is 27.4 Å². The van der Waals surface area contributed by atoms with Crippen LogP contribution in [-0.2, 0) is 0 Å². The second kappa shape index (κ2) is 4.39. The van der Waals surface area contributed by atoms with Gasteiger partial charge < -0.3 is 10.8 Å². The van der Waals surface area contributed by atoms with Gasteiger partial charge in [-0.1, -0.05) is 6.07 Å². The molecule has 0 spiro atoms. The molecule has 0 atom stereocenters. The van der Waals surface area contributed by atoms with E-state index in [4.69, 9.17) is 10.8 Å². The molecule has 0 heterocycles. The average Bonchev–Trinajstić information content (AvgIpc) is 2.10. The zero-order valence-corrected chi connectivity index (χ0v) is 8.54. The van der Waals surface area contributed by atoms with Crippen molar-refractivity contribution in [2.45, 2.75) is 6.42 Å². The molecule has 0 saturated carbocycles. The summed E-state index contributed by atoms with van der Waals surface area (Å²) < 4.78 is 0.705. The number of carbonyl (C=O) groups excluding carboxylic acids is 1. The molecule has 70 valence electrons. The number of benzene rings is 1. The van der Waals surface area contributed by atoms with Gasteiger partial charge in [-0.25, -0.2) is 0 Å². The van der Waals surface area contributed by atoms with Crippen molar-refractivity contribution in [1.82, 2.24) is 0 Å². The first-order valence-corrected chi connectivity index (χ1v) is 4.64. The third-order valence-electron chi connectivity index (χ3n) is 1.69. The van der Waals surface area contributed by atoms with Gasteiger partial charge in [-0.05, 0) is 28.1 Å². The lowest BCUT2D eigenvalue weighted by Gasteiger charge is -2.04. The van der Waals surface area contributed by atoms with Crippen LogP contribution in [0.2, 0.25) is 0 Å². The van der Waals surface area contributed by atoms with Crippen LogP contribution in [-0.4, -0.2) is 17.5 Å². The normalized spacial score (nSPS) is 10.0. The van der Waals surface area contributed by atoms with Crippen molar-refractivity contribution in [3.63, 3.8) is 0 Å². The highest BCUT2D eigenvalue weighted by molar-refractivity contribution is 9.10. The third kappa shape index (κ3) is 2.29. The summed E-state index contributed by atoms with van der Waals surface area (Å²) in [6, 6.07) is 5.16. The Morgan fingerprint density at radius 1 is 1.54 bits per heavy atom. The second-order valence-corrected chi connectivity index (χ2v) is 3.45. The van der Waals surface area contributed by atoms with Crippen LogP contribution in [0.3, 0.4) is 0 Å². The Balaban J connectivity index is 3.01. The predicted octanol–water partition coefficient (Wildman–Crippen LogP) is 1.60. The van der Waals surface area contributed by atoms with Gasteiger partial charge in [-0.15, -0.1) is 0 Å². The molecule has 1 rings (SSSR count). The fourth-order valence-corrected chi connectivity index (χ4v) is 1.38. The second-order valence-electron chi connectivity index (χ2n) is 2.60. The van der Waals surface area contributed by atoms with Crippen molar-refractivity contribution in [3.8, 4) is 0 Å². The number of aliphatic hydroxyl groups is 1. The minimum absolute atomic E-state index is 0.112. The number of ketones is 1. The van der Waals surface area contributed by atoms with Gasteiger partial charge in [0.25, 0.3) is 0 Å². The Hall–Kier alpha value is -0.870. The molecule has 0 aromatic heterocycles. The molecule has 0 aliphatic carbocycles. The van der Waals surface area contributed by atoms with E-state index in [0.717, 1.165) is 0 Å². The Kier molecular flexibility index (Phi) is 3.45. The molecule has 0 aliphatic heterocycles. The summed E-state index contributed by atoms with van der Waals surface area (Å²) in [5.41, 5.74) is 6.56. The lowest BCUT2D eigenvalue weighted by molar-refractivity contribution is 0.0957. The quantitative estimate of drug-likeness (QED) is 0.627. The fourth-order valence-electron chi connectivity index (χ4n) is 1.02. The highest BCUT2D eigenvalue weighted by Gasteiger charge is 2.10. The van der Waals surface area contributed by atoms with Crippen LogP contribution in [0.25, 0.3) is 0 Å². The van der Waals surface area contributed by atoms with Crippen LogP contribution < -0.4 is 5.73 Å². The van der Waals surface area contributed by atoms with Crippen molar-refractivity contribution in [1.29, 1.82) is 0 Å². The molecule has 13 heavy (non-hydrogen) atoms. The Labute approximate surface area is 84.7 Å². The van der Waals surface area contributed by atoms with Crippen molar-refractivity contribution < 1.29 is 9.90 Å². The predicted molar refractivity (Wildman–Crippen MR) is 54.6 cm³/mol. The standard InChI is InChI=1S/C9H10BrNO2/c10-7-3-1-2-6(9(7)11)8(13)4-5-12/h1-3,12H,4-5,11H2. The SMILES string of the molecule is Nc1c(Br)cccc1C(=O)CCO. The molecular formula is C9H10BrNO2. The average molecular weight is 244 g/mol. The van der Waals surface area contributed by atoms with Gasteiger partial charge in [-0.2, -0.15) is 0 Å². The first kappa shape index (κ1) is 10.2. The van der Waals surface area contributed by atoms with Gasteiger partial charge in [0, 0.05) is 16.5 Å². The number of nitrogens with two attached hydrogens (primary N) is 1. The van der Waals surface area contributed by atoms with Crippen molar-refractivity contribution in [2.24, 2.45) is 0 Å². The van der Waals surface area contributed by atoms with Gasteiger partial charge in [0.15, 0.2) is 5.78 Å². The Morgan fingerprint density at radius 3 is 2.85 bits per heavy atom. The summed E-state index contributed by atoms with van der Waals surface area (Å²) in [4.78, 5) is 11.4. The molecule has 0 saturated heterocycles. The van der Waals surface area contributed by atoms with E-state index >= 15 is 0 Å². The molecule has 0 radical (unpaired) electrons. The summed E-state index contributed by atoms with van der Waals surface area (Å²) >= 11 is 3.23. The molecule has 0 unspecified atom stereocenters. The number of aliphatic hydroxyl groups excluding tert-OH is 1. The minimum atomic E-state index is -0.148. The number of rotatable bonds is 3. The summed E-state index contributed by atoms with van der Waals surface area (Å²) in [5.74, 6) is -0.138. The highest BCUT2D eigenvalue weighted by Crippen LogP contribution is 2.23. The largest absolute Gasteiger partial charge is 0.397 e. The van der Waals surface area contributed by atoms with E-state index < -0.39 is 0 Å². The van der Waals surface area contributed by atoms with E-state index in [9.17, 15) is 4.79 Å². The first-order valence-electron chi connectivity index (χ1n) is 3.85. The third-order valence-corrected chi connectivity index (χ3v) is 2.38. The number of nitrogen functional groups attached to an aromatic ring is 1. The van der Waals surface area contributed by atoms with Crippen LogP contribution in [0.4, 0.5) is 5.69 Å². The van der Waals surface area contributed by atoms with E-state index in [-0.39, 0.29) is 18.8 Å². The molecule has 1 aromatic carbocycles. The maximum atomic E-state index is 11.4. The Morgan fingerprint density at radius 2 is 2.23 bits per heavy atom. The van der Waals surface area contributed by atoms with Gasteiger partial charge in [0.05, 0.1) is 12.3 Å². The summed E-state index contributed by atoms with van der Waals surface area (Å²) in [5, 5.41) is 8.58. The smallest absolute Gasteiger partial charge is 0.167 e. The lowest BCUT2D eigenvalue weighted by atomic mass is 10.1.